The molecule has 7 heteroatoms. The maximum Gasteiger partial charge on any atom is 0.330 e. The average Bonchev–Trinajstić information content (AvgIpc) is 2.37. The standard InChI is InChI=1S/C9H17NO2.C7H8O3S/c1-8(9(11)12)6-5-7-10(2,3)4;1-6-2-4-7(5-3-6)11(8,9)10/h1,5-7H2,2-4H3;2-5H,1H3,(H,8,9,10). The quantitative estimate of drug-likeness (QED) is 0.484. The van der Waals surface area contributed by atoms with Crippen LogP contribution in [0.25, 0.3) is 0 Å². The fraction of sp³-hybridized carbons (Fsp3) is 0.438. The molecule has 0 fully saturated rings. The summed E-state index contributed by atoms with van der Waals surface area (Å²) in [6, 6.07) is 5.78. The Balaban J connectivity index is 0.000000422. The lowest BCUT2D eigenvalue weighted by molar-refractivity contribution is -0.870. The molecule has 0 spiro atoms. The molecular formula is C16H25NO5S. The fourth-order valence-corrected chi connectivity index (χ4v) is 2.05. The van der Waals surface area contributed by atoms with E-state index in [-0.39, 0.29) is 4.90 Å². The van der Waals surface area contributed by atoms with E-state index in [9.17, 15) is 17.8 Å². The van der Waals surface area contributed by atoms with Gasteiger partial charge in [-0.3, -0.25) is 0 Å². The lowest BCUT2D eigenvalue weighted by atomic mass is 10.1. The van der Waals surface area contributed by atoms with Crippen molar-refractivity contribution in [3.8, 4) is 0 Å². The Hall–Kier alpha value is -1.70. The van der Waals surface area contributed by atoms with Crippen molar-refractivity contribution in [2.24, 2.45) is 0 Å². The number of carboxylic acid groups (broad SMARTS) is 1. The molecule has 130 valence electrons. The van der Waals surface area contributed by atoms with Crippen LogP contribution in [0.5, 0.6) is 0 Å². The number of aryl methyl sites for hydroxylation is 1. The zero-order chi connectivity index (χ0) is 18.3. The Kier molecular flexibility index (Phi) is 8.16. The Bertz CT molecular complexity index is 627. The topological polar surface area (TPSA) is 94.5 Å². The van der Waals surface area contributed by atoms with Crippen LogP contribution in [0.15, 0.2) is 41.3 Å². The predicted octanol–water partition coefficient (Wildman–Crippen LogP) is 2.01. The Morgan fingerprint density at radius 2 is 1.70 bits per heavy atom. The van der Waals surface area contributed by atoms with Gasteiger partial charge in [-0.15, -0.1) is 0 Å². The molecule has 23 heavy (non-hydrogen) atoms. The van der Waals surface area contributed by atoms with Crippen LogP contribution in [-0.2, 0) is 14.9 Å². The van der Waals surface area contributed by atoms with Crippen molar-refractivity contribution in [1.29, 1.82) is 0 Å². The van der Waals surface area contributed by atoms with Crippen LogP contribution >= 0.6 is 0 Å². The van der Waals surface area contributed by atoms with E-state index >= 15 is 0 Å². The summed E-state index contributed by atoms with van der Waals surface area (Å²) in [5, 5.41) is 8.51. The summed E-state index contributed by atoms with van der Waals surface area (Å²) in [5.41, 5.74) is 1.24. The van der Waals surface area contributed by atoms with E-state index in [0.717, 1.165) is 23.0 Å². The lowest BCUT2D eigenvalue weighted by Crippen LogP contribution is -2.35. The highest BCUT2D eigenvalue weighted by Crippen LogP contribution is 2.08. The van der Waals surface area contributed by atoms with Gasteiger partial charge in [0.1, 0.15) is 10.1 Å². The smallest absolute Gasteiger partial charge is 0.330 e. The second-order valence-corrected chi connectivity index (χ2v) is 7.67. The summed E-state index contributed by atoms with van der Waals surface area (Å²) >= 11 is 0. The molecule has 0 atom stereocenters. The van der Waals surface area contributed by atoms with Gasteiger partial charge in [0.15, 0.2) is 0 Å². The third-order valence-corrected chi connectivity index (χ3v) is 3.77. The molecule has 1 N–H and O–H groups in total. The third-order valence-electron chi connectivity index (χ3n) is 2.92. The number of rotatable bonds is 6. The zero-order valence-corrected chi connectivity index (χ0v) is 14.9. The van der Waals surface area contributed by atoms with Gasteiger partial charge >= 0.3 is 5.97 Å². The molecule has 0 aromatic heterocycles. The fourth-order valence-electron chi connectivity index (χ4n) is 1.58. The van der Waals surface area contributed by atoms with Crippen LogP contribution in [0.4, 0.5) is 0 Å². The Labute approximate surface area is 138 Å². The van der Waals surface area contributed by atoms with Crippen molar-refractivity contribution >= 4 is 16.1 Å². The maximum absolute atomic E-state index is 10.4. The van der Waals surface area contributed by atoms with Gasteiger partial charge in [0.2, 0.25) is 0 Å². The Morgan fingerprint density at radius 1 is 1.22 bits per heavy atom. The molecule has 0 heterocycles. The molecule has 1 aromatic carbocycles. The number of carboxylic acids is 1. The summed E-state index contributed by atoms with van der Waals surface area (Å²) in [6.07, 6.45) is 1.47. The van der Waals surface area contributed by atoms with Crippen molar-refractivity contribution in [1.82, 2.24) is 0 Å². The van der Waals surface area contributed by atoms with E-state index in [1.165, 1.54) is 12.1 Å². The highest BCUT2D eigenvalue weighted by molar-refractivity contribution is 7.85. The molecular weight excluding hydrogens is 318 g/mol. The van der Waals surface area contributed by atoms with Gasteiger partial charge in [-0.1, -0.05) is 24.3 Å². The number of hydrogen-bond acceptors (Lipinski definition) is 4. The van der Waals surface area contributed by atoms with Crippen molar-refractivity contribution in [3.05, 3.63) is 42.0 Å². The first-order chi connectivity index (χ1) is 10.3. The van der Waals surface area contributed by atoms with E-state index in [2.05, 4.69) is 27.7 Å². The van der Waals surface area contributed by atoms with Gasteiger partial charge in [0.25, 0.3) is 0 Å². The van der Waals surface area contributed by atoms with Crippen molar-refractivity contribution < 1.29 is 27.4 Å². The zero-order valence-electron chi connectivity index (χ0n) is 14.1. The molecule has 0 unspecified atom stereocenters. The molecule has 0 saturated heterocycles. The van der Waals surface area contributed by atoms with Crippen molar-refractivity contribution in [2.45, 2.75) is 24.7 Å². The van der Waals surface area contributed by atoms with Gasteiger partial charge in [-0.05, 0) is 25.5 Å². The largest absolute Gasteiger partial charge is 0.744 e. The van der Waals surface area contributed by atoms with E-state index in [1.54, 1.807) is 12.1 Å². The van der Waals surface area contributed by atoms with Crippen LogP contribution < -0.4 is 0 Å². The van der Waals surface area contributed by atoms with Crippen molar-refractivity contribution in [2.75, 3.05) is 27.7 Å². The number of quaternary nitrogens is 1. The number of carbonyl (C=O) groups is 1. The lowest BCUT2D eigenvalue weighted by Gasteiger charge is -2.23. The average molecular weight is 343 g/mol. The summed E-state index contributed by atoms with van der Waals surface area (Å²) in [6.45, 7) is 6.27. The summed E-state index contributed by atoms with van der Waals surface area (Å²) in [7, 11) is 1.99. The maximum atomic E-state index is 10.4. The van der Waals surface area contributed by atoms with Crippen LogP contribution in [0.1, 0.15) is 18.4 Å². The van der Waals surface area contributed by atoms with E-state index < -0.39 is 16.1 Å². The van der Waals surface area contributed by atoms with Crippen molar-refractivity contribution in [3.63, 3.8) is 0 Å². The van der Waals surface area contributed by atoms with E-state index in [4.69, 9.17) is 5.11 Å². The number of aliphatic carboxylic acids is 1. The minimum absolute atomic E-state index is 0.178. The predicted molar refractivity (Wildman–Crippen MR) is 88.1 cm³/mol. The molecule has 0 aliphatic heterocycles. The molecule has 0 saturated carbocycles. The number of hydrogen-bond donors (Lipinski definition) is 1. The highest BCUT2D eigenvalue weighted by atomic mass is 32.2. The first-order valence-corrected chi connectivity index (χ1v) is 8.48. The van der Waals surface area contributed by atoms with Crippen LogP contribution in [0.2, 0.25) is 0 Å². The first kappa shape index (κ1) is 21.3. The molecule has 1 rings (SSSR count). The van der Waals surface area contributed by atoms with Crippen LogP contribution in [0.3, 0.4) is 0 Å². The number of nitrogens with zero attached hydrogens (tertiary/aromatic N) is 1. The van der Waals surface area contributed by atoms with Gasteiger partial charge in [-0.2, -0.15) is 0 Å². The van der Waals surface area contributed by atoms with Gasteiger partial charge < -0.3 is 14.1 Å². The minimum Gasteiger partial charge on any atom is -0.744 e. The monoisotopic (exact) mass is 343 g/mol. The molecule has 6 nitrogen and oxygen atoms in total. The molecule has 0 bridgehead atoms. The van der Waals surface area contributed by atoms with Gasteiger partial charge in [0.05, 0.1) is 32.6 Å². The van der Waals surface area contributed by atoms with Gasteiger partial charge in [-0.25, -0.2) is 13.2 Å². The SMILES string of the molecule is C=C(CCC[N+](C)(C)C)C(=O)O.Cc1ccc(S(=O)(=O)[O-])cc1. The van der Waals surface area contributed by atoms with Gasteiger partial charge in [0, 0.05) is 12.0 Å². The molecule has 0 amide bonds. The normalized spacial score (nSPS) is 11.3. The molecule has 0 radical (unpaired) electrons. The Morgan fingerprint density at radius 3 is 2.04 bits per heavy atom. The first-order valence-electron chi connectivity index (χ1n) is 7.07. The van der Waals surface area contributed by atoms with E-state index in [0.29, 0.717) is 12.0 Å². The third kappa shape index (κ3) is 10.6. The molecule has 0 aliphatic carbocycles. The molecule has 1 aromatic rings. The summed E-state index contributed by atoms with van der Waals surface area (Å²) < 4.78 is 32.0. The summed E-state index contributed by atoms with van der Waals surface area (Å²) in [5.74, 6) is -0.878. The second kappa shape index (κ2) is 8.81. The molecule has 0 aliphatic rings. The summed E-state index contributed by atoms with van der Waals surface area (Å²) in [4.78, 5) is 10.2. The highest BCUT2D eigenvalue weighted by Gasteiger charge is 2.09. The number of benzene rings is 1. The van der Waals surface area contributed by atoms with Crippen LogP contribution in [-0.4, -0.2) is 56.2 Å². The van der Waals surface area contributed by atoms with E-state index in [1.807, 2.05) is 6.92 Å². The second-order valence-electron chi connectivity index (χ2n) is 6.29. The minimum atomic E-state index is -4.27. The van der Waals surface area contributed by atoms with Crippen LogP contribution in [0, 0.1) is 6.92 Å².